The summed E-state index contributed by atoms with van der Waals surface area (Å²) in [5, 5.41) is 9.10. The van der Waals surface area contributed by atoms with Gasteiger partial charge in [0.05, 0.1) is 11.8 Å². The Morgan fingerprint density at radius 1 is 1.35 bits per heavy atom. The van der Waals surface area contributed by atoms with E-state index in [1.165, 1.54) is 0 Å². The smallest absolute Gasteiger partial charge is 0.307 e. The van der Waals surface area contributed by atoms with Crippen LogP contribution in [0.25, 0.3) is 0 Å². The third-order valence-corrected chi connectivity index (χ3v) is 4.49. The van der Waals surface area contributed by atoms with Crippen LogP contribution in [-0.4, -0.2) is 34.5 Å². The van der Waals surface area contributed by atoms with Gasteiger partial charge in [0.1, 0.15) is 0 Å². The zero-order valence-electron chi connectivity index (χ0n) is 10.8. The van der Waals surface area contributed by atoms with Gasteiger partial charge in [-0.15, -0.1) is 0 Å². The summed E-state index contributed by atoms with van der Waals surface area (Å²) in [5.74, 6) is -1.58. The highest BCUT2D eigenvalue weighted by atomic mass is 16.4. The Bertz CT molecular complexity index is 351. The Balaban J connectivity index is 2.09. The van der Waals surface area contributed by atoms with Crippen LogP contribution in [0, 0.1) is 17.3 Å². The average Bonchev–Trinajstić information content (AvgIpc) is 2.63. The van der Waals surface area contributed by atoms with E-state index in [0.29, 0.717) is 6.04 Å². The second-order valence-corrected chi connectivity index (χ2v) is 5.85. The highest BCUT2D eigenvalue weighted by Crippen LogP contribution is 2.59. The predicted octanol–water partition coefficient (Wildman–Crippen LogP) is 1.74. The minimum atomic E-state index is -0.833. The Hall–Kier alpha value is -1.06. The van der Waals surface area contributed by atoms with Crippen LogP contribution in [0.3, 0.4) is 0 Å². The van der Waals surface area contributed by atoms with Crippen molar-refractivity contribution in [3.05, 3.63) is 0 Å². The molecule has 4 heteroatoms. The highest BCUT2D eigenvalue weighted by Gasteiger charge is 2.66. The van der Waals surface area contributed by atoms with E-state index in [2.05, 4.69) is 6.92 Å². The molecule has 2 rings (SSSR count). The van der Waals surface area contributed by atoms with E-state index in [-0.39, 0.29) is 17.2 Å². The maximum Gasteiger partial charge on any atom is 0.307 e. The van der Waals surface area contributed by atoms with Crippen molar-refractivity contribution in [2.24, 2.45) is 17.3 Å². The third-order valence-electron chi connectivity index (χ3n) is 4.49. The summed E-state index contributed by atoms with van der Waals surface area (Å²) in [5.41, 5.74) is -0.371. The molecule has 2 fully saturated rings. The van der Waals surface area contributed by atoms with Crippen molar-refractivity contribution in [3.63, 3.8) is 0 Å². The SMILES string of the molecule is CCC1CCCN1C(=O)[C@H]1[C@@H](C(=O)O)C1(C)C. The van der Waals surface area contributed by atoms with Crippen molar-refractivity contribution in [2.75, 3.05) is 6.54 Å². The van der Waals surface area contributed by atoms with Gasteiger partial charge in [-0.05, 0) is 24.7 Å². The molecule has 1 amide bonds. The number of carbonyl (C=O) groups is 2. The molecule has 96 valence electrons. The quantitative estimate of drug-likeness (QED) is 0.816. The van der Waals surface area contributed by atoms with Gasteiger partial charge in [0, 0.05) is 12.6 Å². The van der Waals surface area contributed by atoms with Crippen LogP contribution in [0.1, 0.15) is 40.0 Å². The minimum absolute atomic E-state index is 0.0618. The molecule has 1 heterocycles. The summed E-state index contributed by atoms with van der Waals surface area (Å²) in [7, 11) is 0. The second-order valence-electron chi connectivity index (χ2n) is 5.85. The summed E-state index contributed by atoms with van der Waals surface area (Å²) in [6, 6.07) is 0.327. The lowest BCUT2D eigenvalue weighted by atomic mass is 10.1. The molecule has 17 heavy (non-hydrogen) atoms. The molecule has 4 nitrogen and oxygen atoms in total. The number of rotatable bonds is 3. The fraction of sp³-hybridized carbons (Fsp3) is 0.846. The Morgan fingerprint density at radius 3 is 2.47 bits per heavy atom. The number of carboxylic acids is 1. The normalized spacial score (nSPS) is 34.8. The molecule has 1 saturated carbocycles. The first-order valence-electron chi connectivity index (χ1n) is 6.44. The van der Waals surface area contributed by atoms with Crippen molar-refractivity contribution < 1.29 is 14.7 Å². The van der Waals surface area contributed by atoms with Gasteiger partial charge in [-0.1, -0.05) is 20.8 Å². The van der Waals surface area contributed by atoms with Crippen molar-refractivity contribution in [1.82, 2.24) is 4.90 Å². The summed E-state index contributed by atoms with van der Waals surface area (Å²) >= 11 is 0. The molecule has 0 aromatic heterocycles. The van der Waals surface area contributed by atoms with Crippen LogP contribution >= 0.6 is 0 Å². The van der Waals surface area contributed by atoms with Gasteiger partial charge in [-0.2, -0.15) is 0 Å². The minimum Gasteiger partial charge on any atom is -0.481 e. The molecular formula is C13H21NO3. The maximum absolute atomic E-state index is 12.4. The fourth-order valence-corrected chi connectivity index (χ4v) is 3.29. The van der Waals surface area contributed by atoms with Gasteiger partial charge in [-0.3, -0.25) is 9.59 Å². The van der Waals surface area contributed by atoms with E-state index < -0.39 is 11.9 Å². The Morgan fingerprint density at radius 2 is 2.00 bits per heavy atom. The lowest BCUT2D eigenvalue weighted by Crippen LogP contribution is -2.37. The zero-order chi connectivity index (χ0) is 12.8. The molecular weight excluding hydrogens is 218 g/mol. The van der Waals surface area contributed by atoms with Gasteiger partial charge < -0.3 is 10.0 Å². The van der Waals surface area contributed by atoms with E-state index in [1.807, 2.05) is 18.7 Å². The van der Waals surface area contributed by atoms with Crippen LogP contribution in [0.5, 0.6) is 0 Å². The fourth-order valence-electron chi connectivity index (χ4n) is 3.29. The van der Waals surface area contributed by atoms with E-state index in [9.17, 15) is 9.59 Å². The molecule has 1 aliphatic heterocycles. The van der Waals surface area contributed by atoms with Crippen molar-refractivity contribution in [2.45, 2.75) is 46.1 Å². The zero-order valence-corrected chi connectivity index (χ0v) is 10.8. The number of carbonyl (C=O) groups excluding carboxylic acids is 1. The molecule has 0 bridgehead atoms. The number of hydrogen-bond donors (Lipinski definition) is 1. The topological polar surface area (TPSA) is 57.6 Å². The number of nitrogens with zero attached hydrogens (tertiary/aromatic N) is 1. The van der Waals surface area contributed by atoms with Gasteiger partial charge in [0.2, 0.25) is 5.91 Å². The highest BCUT2D eigenvalue weighted by molar-refractivity contribution is 5.92. The van der Waals surface area contributed by atoms with Crippen molar-refractivity contribution >= 4 is 11.9 Å². The molecule has 0 aromatic rings. The molecule has 2 aliphatic rings. The average molecular weight is 239 g/mol. The lowest BCUT2D eigenvalue weighted by molar-refractivity contribution is -0.142. The van der Waals surface area contributed by atoms with E-state index >= 15 is 0 Å². The van der Waals surface area contributed by atoms with Crippen LogP contribution < -0.4 is 0 Å². The summed E-state index contributed by atoms with van der Waals surface area (Å²) in [4.78, 5) is 25.4. The van der Waals surface area contributed by atoms with Crippen LogP contribution in [0.2, 0.25) is 0 Å². The van der Waals surface area contributed by atoms with E-state index in [1.54, 1.807) is 0 Å². The molecule has 1 saturated heterocycles. The van der Waals surface area contributed by atoms with Crippen LogP contribution in [0.15, 0.2) is 0 Å². The second kappa shape index (κ2) is 4.00. The third kappa shape index (κ3) is 1.83. The largest absolute Gasteiger partial charge is 0.481 e. The monoisotopic (exact) mass is 239 g/mol. The number of hydrogen-bond acceptors (Lipinski definition) is 2. The van der Waals surface area contributed by atoms with E-state index in [4.69, 9.17) is 5.11 Å². The first kappa shape index (κ1) is 12.4. The molecule has 0 radical (unpaired) electrons. The number of carboxylic acid groups (broad SMARTS) is 1. The Kier molecular flexibility index (Phi) is 2.92. The summed E-state index contributed by atoms with van der Waals surface area (Å²) in [6.45, 7) is 6.65. The lowest BCUT2D eigenvalue weighted by Gasteiger charge is -2.24. The molecule has 3 atom stereocenters. The number of likely N-dealkylation sites (tertiary alicyclic amines) is 1. The molecule has 1 aliphatic carbocycles. The van der Waals surface area contributed by atoms with Gasteiger partial charge in [0.25, 0.3) is 0 Å². The van der Waals surface area contributed by atoms with Gasteiger partial charge in [-0.25, -0.2) is 0 Å². The summed E-state index contributed by atoms with van der Waals surface area (Å²) in [6.07, 6.45) is 3.08. The maximum atomic E-state index is 12.4. The predicted molar refractivity (Wildman–Crippen MR) is 63.4 cm³/mol. The molecule has 0 spiro atoms. The van der Waals surface area contributed by atoms with Gasteiger partial charge >= 0.3 is 5.97 Å². The first-order valence-corrected chi connectivity index (χ1v) is 6.44. The molecule has 0 aromatic carbocycles. The number of aliphatic carboxylic acids is 1. The van der Waals surface area contributed by atoms with Gasteiger partial charge in [0.15, 0.2) is 0 Å². The molecule has 1 N–H and O–H groups in total. The standard InChI is InChI=1S/C13H21NO3/c1-4-8-6-5-7-14(8)11(15)9-10(12(16)17)13(9,2)3/h8-10H,4-7H2,1-3H3,(H,16,17)/t8?,9-,10+/m1/s1. The van der Waals surface area contributed by atoms with Crippen molar-refractivity contribution in [1.29, 1.82) is 0 Å². The van der Waals surface area contributed by atoms with Crippen LogP contribution in [0.4, 0.5) is 0 Å². The Labute approximate surface area is 102 Å². The summed E-state index contributed by atoms with van der Waals surface area (Å²) < 4.78 is 0. The van der Waals surface area contributed by atoms with Crippen LogP contribution in [-0.2, 0) is 9.59 Å². The first-order chi connectivity index (χ1) is 7.91. The van der Waals surface area contributed by atoms with E-state index in [0.717, 1.165) is 25.8 Å². The molecule has 1 unspecified atom stereocenters. The van der Waals surface area contributed by atoms with Crippen molar-refractivity contribution in [3.8, 4) is 0 Å². The number of amides is 1.